The van der Waals surface area contributed by atoms with E-state index in [9.17, 15) is 32.7 Å². The number of H-pyrrole nitrogens is 1. The average molecular weight is 627 g/mol. The van der Waals surface area contributed by atoms with Crippen molar-refractivity contribution in [3.8, 4) is 0 Å². The molecule has 41 heavy (non-hydrogen) atoms. The van der Waals surface area contributed by atoms with Gasteiger partial charge in [-0.1, -0.05) is 12.1 Å². The molecule has 1 aliphatic heterocycles. The zero-order chi connectivity index (χ0) is 29.6. The molecule has 220 valence electrons. The average Bonchev–Trinajstić information content (AvgIpc) is 3.53. The number of aromatic nitrogens is 3. The lowest BCUT2D eigenvalue weighted by atomic mass is 10.3. The van der Waals surface area contributed by atoms with E-state index in [0.29, 0.717) is 16.0 Å². The molecule has 1 aliphatic rings. The molecule has 0 fully saturated rings. The van der Waals surface area contributed by atoms with E-state index in [4.69, 9.17) is 4.74 Å². The van der Waals surface area contributed by atoms with E-state index in [1.54, 1.807) is 24.3 Å². The summed E-state index contributed by atoms with van der Waals surface area (Å²) in [6.07, 6.45) is 1.03. The number of aromatic amines is 1. The van der Waals surface area contributed by atoms with Gasteiger partial charge in [-0.25, -0.2) is 22.9 Å². The highest BCUT2D eigenvalue weighted by Gasteiger charge is 2.29. The van der Waals surface area contributed by atoms with Crippen molar-refractivity contribution in [2.75, 3.05) is 67.0 Å². The van der Waals surface area contributed by atoms with Crippen molar-refractivity contribution in [2.24, 2.45) is 0 Å². The second-order valence-electron chi connectivity index (χ2n) is 8.45. The van der Waals surface area contributed by atoms with Crippen LogP contribution in [0.4, 0.5) is 22.2 Å². The van der Waals surface area contributed by atoms with E-state index < -0.39 is 40.1 Å². The molecule has 0 aliphatic carbocycles. The zero-order valence-corrected chi connectivity index (χ0v) is 24.0. The maximum atomic E-state index is 13.1. The molecule has 1 aromatic carbocycles. The molecular formula is C22H26N8O8S3. The Bertz CT molecular complexity index is 1580. The Kier molecular flexibility index (Phi) is 9.63. The normalized spacial score (nSPS) is 12.6. The van der Waals surface area contributed by atoms with Gasteiger partial charge in [-0.3, -0.25) is 24.7 Å². The standard InChI is InChI=1S/C22H26N8O8S3/c1-39-9-8-38-21(35)28-20-26-18-17(19(34)27-20)23-12-30(18)10-15(31)29(11-16(32)33)7-6-24-41(36,37)22-25-13-4-2-3-5-14(13)40-22/h2-5,23-24H,6-12H2,1H3,(H,32,33)(H2,26,27,28,34,35). The van der Waals surface area contributed by atoms with Gasteiger partial charge >= 0.3 is 12.1 Å². The predicted molar refractivity (Wildman–Crippen MR) is 153 cm³/mol. The first-order chi connectivity index (χ1) is 19.6. The summed E-state index contributed by atoms with van der Waals surface area (Å²) in [7, 11) is -4.00. The maximum absolute atomic E-state index is 13.1. The van der Waals surface area contributed by atoms with Gasteiger partial charge in [0, 0.05) is 18.8 Å². The summed E-state index contributed by atoms with van der Waals surface area (Å²) in [6, 6.07) is 6.92. The number of carbonyl (C=O) groups excluding carboxylic acids is 2. The number of nitrogens with zero attached hydrogens (tertiary/aromatic N) is 4. The first-order valence-electron chi connectivity index (χ1n) is 12.0. The monoisotopic (exact) mass is 626 g/mol. The molecule has 3 heterocycles. The van der Waals surface area contributed by atoms with Gasteiger partial charge in [0.15, 0.2) is 5.82 Å². The topological polar surface area (TPSA) is 216 Å². The third-order valence-corrected chi connectivity index (χ3v) is 9.02. The van der Waals surface area contributed by atoms with E-state index in [1.165, 1.54) is 16.7 Å². The van der Waals surface area contributed by atoms with Crippen molar-refractivity contribution in [1.29, 1.82) is 0 Å². The fraction of sp³-hybridized carbons (Fsp3) is 0.364. The minimum Gasteiger partial charge on any atom is -0.480 e. The zero-order valence-electron chi connectivity index (χ0n) is 21.6. The van der Waals surface area contributed by atoms with Crippen molar-refractivity contribution in [3.63, 3.8) is 0 Å². The highest BCUT2D eigenvalue weighted by Crippen LogP contribution is 2.26. The fourth-order valence-corrected chi connectivity index (χ4v) is 6.23. The number of thioether (sulfide) groups is 1. The number of benzene rings is 1. The van der Waals surface area contributed by atoms with E-state index in [1.807, 2.05) is 6.26 Å². The van der Waals surface area contributed by atoms with Crippen LogP contribution < -0.4 is 25.8 Å². The van der Waals surface area contributed by atoms with E-state index in [0.717, 1.165) is 16.2 Å². The van der Waals surface area contributed by atoms with Crippen LogP contribution in [-0.2, 0) is 24.3 Å². The Morgan fingerprint density at radius 2 is 2.05 bits per heavy atom. The summed E-state index contributed by atoms with van der Waals surface area (Å²) < 4.78 is 33.3. The van der Waals surface area contributed by atoms with Crippen LogP contribution in [0, 0.1) is 0 Å². The number of carboxylic acids is 1. The third-order valence-electron chi connectivity index (χ3n) is 5.57. The number of amides is 2. The minimum absolute atomic E-state index is 0.00389. The van der Waals surface area contributed by atoms with Crippen molar-refractivity contribution < 1.29 is 32.6 Å². The summed E-state index contributed by atoms with van der Waals surface area (Å²) in [6.45, 7) is -1.43. The number of sulfonamides is 1. The molecule has 5 N–H and O–H groups in total. The Morgan fingerprint density at radius 3 is 2.78 bits per heavy atom. The first kappa shape index (κ1) is 30.0. The lowest BCUT2D eigenvalue weighted by molar-refractivity contribution is -0.143. The van der Waals surface area contributed by atoms with Crippen LogP contribution in [0.3, 0.4) is 0 Å². The Hall–Kier alpha value is -3.94. The van der Waals surface area contributed by atoms with Crippen molar-refractivity contribution in [3.05, 3.63) is 34.6 Å². The van der Waals surface area contributed by atoms with Gasteiger partial charge in [-0.05, 0) is 18.4 Å². The molecule has 0 saturated carbocycles. The minimum atomic E-state index is -4.00. The molecular weight excluding hydrogens is 600 g/mol. The summed E-state index contributed by atoms with van der Waals surface area (Å²) in [4.78, 5) is 62.0. The van der Waals surface area contributed by atoms with Crippen LogP contribution in [0.2, 0.25) is 0 Å². The molecule has 0 bridgehead atoms. The highest BCUT2D eigenvalue weighted by atomic mass is 32.2. The number of para-hydroxylation sites is 1. The van der Waals surface area contributed by atoms with Crippen molar-refractivity contribution >= 4 is 78.8 Å². The van der Waals surface area contributed by atoms with Gasteiger partial charge in [0.1, 0.15) is 25.4 Å². The van der Waals surface area contributed by atoms with Gasteiger partial charge in [0.05, 0.1) is 16.9 Å². The number of fused-ring (bicyclic) bond motifs is 2. The Labute approximate surface area is 241 Å². The molecule has 0 spiro atoms. The Morgan fingerprint density at radius 1 is 1.27 bits per heavy atom. The molecule has 4 rings (SSSR count). The maximum Gasteiger partial charge on any atom is 0.413 e. The van der Waals surface area contributed by atoms with Crippen LogP contribution in [0.5, 0.6) is 0 Å². The number of carbonyl (C=O) groups is 3. The van der Waals surface area contributed by atoms with Gasteiger partial charge in [-0.15, -0.1) is 11.3 Å². The summed E-state index contributed by atoms with van der Waals surface area (Å²) in [5, 5.41) is 14.5. The second-order valence-corrected chi connectivity index (χ2v) is 12.4. The molecule has 19 heteroatoms. The quantitative estimate of drug-likeness (QED) is 0.162. The lowest BCUT2D eigenvalue weighted by Gasteiger charge is -2.24. The number of hydrogen-bond donors (Lipinski definition) is 5. The number of rotatable bonds is 13. The second kappa shape index (κ2) is 13.1. The largest absolute Gasteiger partial charge is 0.480 e. The fourth-order valence-electron chi connectivity index (χ4n) is 3.70. The molecule has 3 aromatic rings. The molecule has 0 saturated heterocycles. The molecule has 0 radical (unpaired) electrons. The lowest BCUT2D eigenvalue weighted by Crippen LogP contribution is -2.46. The highest BCUT2D eigenvalue weighted by molar-refractivity contribution is 7.98. The molecule has 16 nitrogen and oxygen atoms in total. The summed E-state index contributed by atoms with van der Waals surface area (Å²) in [5.41, 5.74) is -0.0122. The van der Waals surface area contributed by atoms with E-state index in [2.05, 4.69) is 30.3 Å². The number of hydrogen-bond acceptors (Lipinski definition) is 13. The summed E-state index contributed by atoms with van der Waals surface area (Å²) in [5.74, 6) is -1.51. The van der Waals surface area contributed by atoms with Gasteiger partial charge in [0.2, 0.25) is 16.2 Å². The predicted octanol–water partition coefficient (Wildman–Crippen LogP) is 0.372. The summed E-state index contributed by atoms with van der Waals surface area (Å²) >= 11 is 2.47. The van der Waals surface area contributed by atoms with Crippen LogP contribution in [0.15, 0.2) is 33.4 Å². The molecule has 0 unspecified atom stereocenters. The SMILES string of the molecule is CSCCOC(=O)Nc1nc2c(c(=O)[nH]1)NCN2CC(=O)N(CCNS(=O)(=O)c1nc2ccccc2s1)CC(=O)O. The van der Waals surface area contributed by atoms with E-state index in [-0.39, 0.29) is 54.7 Å². The third kappa shape index (κ3) is 7.63. The molecule has 0 atom stereocenters. The number of anilines is 3. The van der Waals surface area contributed by atoms with Crippen LogP contribution in [0.25, 0.3) is 10.2 Å². The van der Waals surface area contributed by atoms with Crippen molar-refractivity contribution in [1.82, 2.24) is 24.6 Å². The number of carboxylic acid groups (broad SMARTS) is 1. The van der Waals surface area contributed by atoms with Gasteiger partial charge in [-0.2, -0.15) is 16.7 Å². The Balaban J connectivity index is 1.40. The van der Waals surface area contributed by atoms with Crippen LogP contribution >= 0.6 is 23.1 Å². The van der Waals surface area contributed by atoms with Gasteiger partial charge < -0.3 is 25.0 Å². The van der Waals surface area contributed by atoms with Crippen LogP contribution in [0.1, 0.15) is 0 Å². The number of aliphatic carboxylic acids is 1. The smallest absolute Gasteiger partial charge is 0.413 e. The number of thiazole rings is 1. The first-order valence-corrected chi connectivity index (χ1v) is 15.7. The molecule has 2 amide bonds. The van der Waals surface area contributed by atoms with E-state index >= 15 is 0 Å². The van der Waals surface area contributed by atoms with Crippen LogP contribution in [-0.4, -0.2) is 103 Å². The number of nitrogens with one attached hydrogen (secondary N) is 4. The van der Waals surface area contributed by atoms with Crippen molar-refractivity contribution in [2.45, 2.75) is 4.34 Å². The van der Waals surface area contributed by atoms with Gasteiger partial charge in [0.25, 0.3) is 15.6 Å². The molecule has 2 aromatic heterocycles. The number of ether oxygens (including phenoxy) is 1.